The Morgan fingerprint density at radius 1 is 1.38 bits per heavy atom. The summed E-state index contributed by atoms with van der Waals surface area (Å²) >= 11 is 1.60. The number of hydrogen-bond acceptors (Lipinski definition) is 4. The topological polar surface area (TPSA) is 62.3 Å². The predicted octanol–water partition coefficient (Wildman–Crippen LogP) is 1.91. The van der Waals surface area contributed by atoms with Crippen LogP contribution in [0.3, 0.4) is 0 Å². The quantitative estimate of drug-likeness (QED) is 0.928. The lowest BCUT2D eigenvalue weighted by Crippen LogP contribution is -2.67. The Bertz CT molecular complexity index is 523. The lowest BCUT2D eigenvalue weighted by atomic mass is 9.79. The highest BCUT2D eigenvalue weighted by atomic mass is 32.1. The van der Waals surface area contributed by atoms with Crippen LogP contribution in [-0.2, 0) is 9.59 Å². The van der Waals surface area contributed by atoms with Gasteiger partial charge in [0, 0.05) is 24.0 Å². The third-order valence-corrected chi connectivity index (χ3v) is 5.49. The highest BCUT2D eigenvalue weighted by Crippen LogP contribution is 2.32. The van der Waals surface area contributed by atoms with Gasteiger partial charge in [-0.05, 0) is 12.8 Å². The average molecular weight is 307 g/mol. The summed E-state index contributed by atoms with van der Waals surface area (Å²) in [5.41, 5.74) is -0.629. The van der Waals surface area contributed by atoms with Gasteiger partial charge >= 0.3 is 0 Å². The van der Waals surface area contributed by atoms with E-state index in [0.717, 1.165) is 37.1 Å². The van der Waals surface area contributed by atoms with Crippen molar-refractivity contribution in [3.05, 3.63) is 16.6 Å². The number of rotatable bonds is 3. The second kappa shape index (κ2) is 5.75. The van der Waals surface area contributed by atoms with E-state index in [1.807, 2.05) is 5.38 Å². The zero-order valence-electron chi connectivity index (χ0n) is 12.3. The van der Waals surface area contributed by atoms with Crippen molar-refractivity contribution >= 4 is 23.2 Å². The van der Waals surface area contributed by atoms with Gasteiger partial charge in [0.25, 0.3) is 0 Å². The summed E-state index contributed by atoms with van der Waals surface area (Å²) in [6, 6.07) is 0. The Morgan fingerprint density at radius 2 is 2.14 bits per heavy atom. The summed E-state index contributed by atoms with van der Waals surface area (Å²) in [5.74, 6) is 0.244. The minimum atomic E-state index is -0.629. The minimum Gasteiger partial charge on any atom is -0.340 e. The number of thiazole rings is 1. The molecule has 1 saturated heterocycles. The first-order valence-electron chi connectivity index (χ1n) is 7.60. The molecule has 3 rings (SSSR count). The molecule has 5 nitrogen and oxygen atoms in total. The highest BCUT2D eigenvalue weighted by Gasteiger charge is 2.47. The molecule has 0 radical (unpaired) electrons. The summed E-state index contributed by atoms with van der Waals surface area (Å²) in [6.07, 6.45) is 6.52. The molecule has 1 unspecified atom stereocenters. The second-order valence-electron chi connectivity index (χ2n) is 6.15. The Hall–Kier alpha value is -1.43. The number of nitrogens with one attached hydrogen (secondary N) is 1. The molecule has 1 aliphatic carbocycles. The van der Waals surface area contributed by atoms with Crippen molar-refractivity contribution < 1.29 is 9.59 Å². The second-order valence-corrected chi connectivity index (χ2v) is 7.07. The van der Waals surface area contributed by atoms with Gasteiger partial charge in [-0.1, -0.05) is 26.2 Å². The van der Waals surface area contributed by atoms with Gasteiger partial charge < -0.3 is 10.2 Å². The fourth-order valence-electron chi connectivity index (χ4n) is 3.44. The largest absolute Gasteiger partial charge is 0.340 e. The molecule has 1 aromatic heterocycles. The van der Waals surface area contributed by atoms with Crippen LogP contribution in [0.4, 0.5) is 0 Å². The monoisotopic (exact) mass is 307 g/mol. The molecule has 1 aliphatic heterocycles. The van der Waals surface area contributed by atoms with E-state index in [2.05, 4.69) is 17.2 Å². The summed E-state index contributed by atoms with van der Waals surface area (Å²) in [5, 5.41) is 5.94. The van der Waals surface area contributed by atoms with Gasteiger partial charge in [0.15, 0.2) is 0 Å². The van der Waals surface area contributed by atoms with Crippen molar-refractivity contribution in [2.75, 3.05) is 13.1 Å². The molecular weight excluding hydrogens is 286 g/mol. The van der Waals surface area contributed by atoms with Crippen molar-refractivity contribution in [3.8, 4) is 0 Å². The van der Waals surface area contributed by atoms with Crippen LogP contribution in [0, 0.1) is 0 Å². The van der Waals surface area contributed by atoms with Gasteiger partial charge in [0.2, 0.25) is 11.8 Å². The maximum atomic E-state index is 12.8. The lowest BCUT2D eigenvalue weighted by molar-refractivity contribution is -0.151. The average Bonchev–Trinajstić information content (AvgIpc) is 2.99. The first kappa shape index (κ1) is 14.5. The van der Waals surface area contributed by atoms with E-state index in [0.29, 0.717) is 6.54 Å². The number of piperazine rings is 1. The molecule has 1 aromatic rings. The van der Waals surface area contributed by atoms with Crippen LogP contribution in [-0.4, -0.2) is 40.3 Å². The Kier molecular flexibility index (Phi) is 3.97. The summed E-state index contributed by atoms with van der Waals surface area (Å²) in [6.45, 7) is 2.81. The Balaban J connectivity index is 1.75. The molecule has 1 saturated carbocycles. The number of amides is 2. The molecular formula is C15H21N3O2S. The van der Waals surface area contributed by atoms with Crippen LogP contribution in [0.2, 0.25) is 0 Å². The van der Waals surface area contributed by atoms with Crippen LogP contribution < -0.4 is 5.32 Å². The third kappa shape index (κ3) is 2.81. The van der Waals surface area contributed by atoms with Gasteiger partial charge in [0.05, 0.1) is 11.6 Å². The van der Waals surface area contributed by atoms with E-state index in [9.17, 15) is 9.59 Å². The van der Waals surface area contributed by atoms with Crippen molar-refractivity contribution in [1.29, 1.82) is 0 Å². The van der Waals surface area contributed by atoms with E-state index < -0.39 is 5.54 Å². The molecule has 6 heteroatoms. The SMILES string of the molecule is CC(CN1CC(=O)NC2(CCCCC2)C1=O)c1nccs1. The van der Waals surface area contributed by atoms with Crippen LogP contribution in [0.15, 0.2) is 11.6 Å². The Morgan fingerprint density at radius 3 is 2.81 bits per heavy atom. The molecule has 0 aromatic carbocycles. The van der Waals surface area contributed by atoms with E-state index in [1.165, 1.54) is 0 Å². The molecule has 114 valence electrons. The van der Waals surface area contributed by atoms with Crippen LogP contribution in [0.1, 0.15) is 50.0 Å². The number of carbonyl (C=O) groups excluding carboxylic acids is 2. The van der Waals surface area contributed by atoms with Gasteiger partial charge in [0.1, 0.15) is 5.54 Å². The van der Waals surface area contributed by atoms with Gasteiger partial charge in [-0.15, -0.1) is 11.3 Å². The van der Waals surface area contributed by atoms with E-state index in [1.54, 1.807) is 22.4 Å². The van der Waals surface area contributed by atoms with Gasteiger partial charge in [-0.3, -0.25) is 9.59 Å². The molecule has 2 fully saturated rings. The van der Waals surface area contributed by atoms with E-state index in [-0.39, 0.29) is 24.3 Å². The summed E-state index contributed by atoms with van der Waals surface area (Å²) < 4.78 is 0. The normalized spacial score (nSPS) is 23.2. The highest BCUT2D eigenvalue weighted by molar-refractivity contribution is 7.09. The van der Waals surface area contributed by atoms with Gasteiger partial charge in [-0.2, -0.15) is 0 Å². The fourth-order valence-corrected chi connectivity index (χ4v) is 4.13. The first-order valence-corrected chi connectivity index (χ1v) is 8.48. The standard InChI is InChI=1S/C15H21N3O2S/c1-11(13-16-7-8-21-13)9-18-10-12(19)17-15(14(18)20)5-3-2-4-6-15/h7-8,11H,2-6,9-10H2,1H3,(H,17,19). The molecule has 1 N–H and O–H groups in total. The number of hydrogen-bond donors (Lipinski definition) is 1. The maximum absolute atomic E-state index is 12.8. The van der Waals surface area contributed by atoms with Crippen LogP contribution >= 0.6 is 11.3 Å². The fraction of sp³-hybridized carbons (Fsp3) is 0.667. The van der Waals surface area contributed by atoms with Gasteiger partial charge in [-0.25, -0.2) is 4.98 Å². The smallest absolute Gasteiger partial charge is 0.248 e. The number of aromatic nitrogens is 1. The molecule has 21 heavy (non-hydrogen) atoms. The molecule has 2 aliphatic rings. The minimum absolute atomic E-state index is 0.0251. The molecule has 1 atom stereocenters. The van der Waals surface area contributed by atoms with Crippen LogP contribution in [0.5, 0.6) is 0 Å². The lowest BCUT2D eigenvalue weighted by Gasteiger charge is -2.44. The first-order chi connectivity index (χ1) is 10.1. The predicted molar refractivity (Wildman–Crippen MR) is 81.1 cm³/mol. The maximum Gasteiger partial charge on any atom is 0.248 e. The summed E-state index contributed by atoms with van der Waals surface area (Å²) in [7, 11) is 0. The van der Waals surface area contributed by atoms with Crippen molar-refractivity contribution in [2.24, 2.45) is 0 Å². The van der Waals surface area contributed by atoms with Crippen molar-refractivity contribution in [2.45, 2.75) is 50.5 Å². The number of carbonyl (C=O) groups is 2. The van der Waals surface area contributed by atoms with Crippen molar-refractivity contribution in [3.63, 3.8) is 0 Å². The zero-order valence-corrected chi connectivity index (χ0v) is 13.1. The Labute approximate surface area is 128 Å². The number of nitrogens with zero attached hydrogens (tertiary/aromatic N) is 2. The summed E-state index contributed by atoms with van der Waals surface area (Å²) in [4.78, 5) is 30.9. The molecule has 1 spiro atoms. The molecule has 2 amide bonds. The van der Waals surface area contributed by atoms with E-state index >= 15 is 0 Å². The third-order valence-electron chi connectivity index (χ3n) is 4.48. The van der Waals surface area contributed by atoms with Crippen LogP contribution in [0.25, 0.3) is 0 Å². The van der Waals surface area contributed by atoms with Crippen molar-refractivity contribution in [1.82, 2.24) is 15.2 Å². The van der Waals surface area contributed by atoms with E-state index in [4.69, 9.17) is 0 Å². The molecule has 2 heterocycles. The molecule has 0 bridgehead atoms. The zero-order chi connectivity index (χ0) is 14.9.